The van der Waals surface area contributed by atoms with Crippen LogP contribution in [-0.4, -0.2) is 25.6 Å². The van der Waals surface area contributed by atoms with Gasteiger partial charge in [-0.05, 0) is 80.2 Å². The Labute approximate surface area is 169 Å². The van der Waals surface area contributed by atoms with Gasteiger partial charge in [-0.15, -0.1) is 11.3 Å². The normalized spacial score (nSPS) is 15.3. The van der Waals surface area contributed by atoms with Crippen molar-refractivity contribution in [3.63, 3.8) is 0 Å². The molecule has 0 unspecified atom stereocenters. The number of methoxy groups -OCH3 is 1. The molecular weight excluding hydrogens is 374 g/mol. The fourth-order valence-corrected chi connectivity index (χ4v) is 5.38. The van der Waals surface area contributed by atoms with Crippen molar-refractivity contribution in [2.24, 2.45) is 0 Å². The highest BCUT2D eigenvalue weighted by Crippen LogP contribution is 2.38. The fourth-order valence-electron chi connectivity index (χ4n) is 4.08. The number of nitrogens with one attached hydrogen (secondary N) is 1. The van der Waals surface area contributed by atoms with Crippen LogP contribution >= 0.6 is 11.3 Å². The van der Waals surface area contributed by atoms with Gasteiger partial charge in [0.05, 0.1) is 12.7 Å². The predicted molar refractivity (Wildman–Crippen MR) is 110 cm³/mol. The quantitative estimate of drug-likeness (QED) is 0.761. The van der Waals surface area contributed by atoms with E-state index in [9.17, 15) is 9.59 Å². The van der Waals surface area contributed by atoms with E-state index in [1.165, 1.54) is 47.3 Å². The van der Waals surface area contributed by atoms with Crippen LogP contribution in [0.25, 0.3) is 0 Å². The van der Waals surface area contributed by atoms with Gasteiger partial charge in [0.15, 0.2) is 6.61 Å². The molecule has 0 saturated heterocycles. The molecule has 2 aliphatic rings. The third kappa shape index (κ3) is 3.92. The van der Waals surface area contributed by atoms with Crippen LogP contribution in [-0.2, 0) is 35.2 Å². The summed E-state index contributed by atoms with van der Waals surface area (Å²) in [5.41, 5.74) is 4.26. The summed E-state index contributed by atoms with van der Waals surface area (Å²) in [6.07, 6.45) is 8.62. The molecule has 0 bridgehead atoms. The van der Waals surface area contributed by atoms with E-state index in [-0.39, 0.29) is 18.5 Å². The van der Waals surface area contributed by atoms with Gasteiger partial charge in [0, 0.05) is 4.88 Å². The maximum absolute atomic E-state index is 12.5. The number of ether oxygens (including phenoxy) is 2. The average molecular weight is 400 g/mol. The second-order valence-corrected chi connectivity index (χ2v) is 8.49. The summed E-state index contributed by atoms with van der Waals surface area (Å²) in [6, 6.07) is 6.08. The largest absolute Gasteiger partial charge is 0.484 e. The molecule has 0 atom stereocenters. The van der Waals surface area contributed by atoms with Crippen molar-refractivity contribution < 1.29 is 19.1 Å². The molecular formula is C22H25NO4S. The number of carbonyl (C=O) groups excluding carboxylic acids is 2. The molecule has 0 spiro atoms. The van der Waals surface area contributed by atoms with Crippen LogP contribution in [0.4, 0.5) is 5.00 Å². The van der Waals surface area contributed by atoms with Gasteiger partial charge in [0.2, 0.25) is 0 Å². The van der Waals surface area contributed by atoms with Gasteiger partial charge in [-0.2, -0.15) is 0 Å². The van der Waals surface area contributed by atoms with Gasteiger partial charge in [-0.1, -0.05) is 6.07 Å². The Kier molecular flexibility index (Phi) is 5.67. The van der Waals surface area contributed by atoms with Crippen molar-refractivity contribution in [2.75, 3.05) is 19.0 Å². The topological polar surface area (TPSA) is 64.6 Å². The Morgan fingerprint density at radius 1 is 1.04 bits per heavy atom. The number of thiophene rings is 1. The monoisotopic (exact) mass is 399 g/mol. The Balaban J connectivity index is 1.44. The molecule has 0 saturated carbocycles. The molecule has 1 amide bonds. The highest BCUT2D eigenvalue weighted by molar-refractivity contribution is 7.17. The first-order valence-corrected chi connectivity index (χ1v) is 10.7. The van der Waals surface area contributed by atoms with Crippen LogP contribution < -0.4 is 10.1 Å². The third-order valence-corrected chi connectivity index (χ3v) is 6.71. The van der Waals surface area contributed by atoms with Gasteiger partial charge in [-0.25, -0.2) is 4.79 Å². The van der Waals surface area contributed by atoms with Crippen molar-refractivity contribution in [2.45, 2.75) is 51.4 Å². The number of hydrogen-bond donors (Lipinski definition) is 1. The standard InChI is InChI=1S/C22H25NO4S/c1-26-22(25)20-17-8-4-5-9-18(17)28-21(20)23-19(24)13-27-16-11-10-14-6-2-3-7-15(14)12-16/h10-12H,2-9,13H2,1H3,(H,23,24). The molecule has 6 heteroatoms. The van der Waals surface area contributed by atoms with E-state index in [0.717, 1.165) is 49.8 Å². The number of fused-ring (bicyclic) bond motifs is 2. The van der Waals surface area contributed by atoms with Crippen LogP contribution in [0.5, 0.6) is 5.75 Å². The number of hydrogen-bond acceptors (Lipinski definition) is 5. The van der Waals surface area contributed by atoms with Gasteiger partial charge < -0.3 is 14.8 Å². The molecule has 1 aromatic heterocycles. The summed E-state index contributed by atoms with van der Waals surface area (Å²) < 4.78 is 10.7. The number of rotatable bonds is 5. The number of benzene rings is 1. The van der Waals surface area contributed by atoms with E-state index >= 15 is 0 Å². The van der Waals surface area contributed by atoms with Crippen LogP contribution in [0.3, 0.4) is 0 Å². The number of carbonyl (C=O) groups is 2. The highest BCUT2D eigenvalue weighted by atomic mass is 32.1. The molecule has 4 rings (SSSR count). The lowest BCUT2D eigenvalue weighted by atomic mass is 9.92. The third-order valence-electron chi connectivity index (χ3n) is 5.50. The van der Waals surface area contributed by atoms with Crippen LogP contribution in [0.2, 0.25) is 0 Å². The summed E-state index contributed by atoms with van der Waals surface area (Å²) in [4.78, 5) is 25.9. The Bertz CT molecular complexity index is 902. The van der Waals surface area contributed by atoms with Crippen molar-refractivity contribution in [3.05, 3.63) is 45.3 Å². The molecule has 0 radical (unpaired) electrons. The van der Waals surface area contributed by atoms with Crippen LogP contribution in [0, 0.1) is 0 Å². The van der Waals surface area contributed by atoms with E-state index < -0.39 is 0 Å². The molecule has 0 aliphatic heterocycles. The fraction of sp³-hybridized carbons (Fsp3) is 0.455. The zero-order valence-electron chi connectivity index (χ0n) is 16.1. The molecule has 1 N–H and O–H groups in total. The minimum Gasteiger partial charge on any atom is -0.484 e. The van der Waals surface area contributed by atoms with Crippen molar-refractivity contribution >= 4 is 28.2 Å². The minimum atomic E-state index is -0.384. The molecule has 5 nitrogen and oxygen atoms in total. The van der Waals surface area contributed by atoms with Gasteiger partial charge in [0.1, 0.15) is 10.8 Å². The van der Waals surface area contributed by atoms with E-state index in [2.05, 4.69) is 11.4 Å². The lowest BCUT2D eigenvalue weighted by molar-refractivity contribution is -0.118. The predicted octanol–water partition coefficient (Wildman–Crippen LogP) is 4.31. The molecule has 28 heavy (non-hydrogen) atoms. The second-order valence-electron chi connectivity index (χ2n) is 7.38. The second kappa shape index (κ2) is 8.35. The number of esters is 1. The molecule has 1 heterocycles. The first-order chi connectivity index (χ1) is 13.7. The Morgan fingerprint density at radius 2 is 1.79 bits per heavy atom. The van der Waals surface area contributed by atoms with Crippen LogP contribution in [0.1, 0.15) is 57.6 Å². The number of amides is 1. The SMILES string of the molecule is COC(=O)c1c(NC(=O)COc2ccc3c(c2)CCCC3)sc2c1CCCC2. The van der Waals surface area contributed by atoms with E-state index in [0.29, 0.717) is 10.6 Å². The van der Waals surface area contributed by atoms with Gasteiger partial charge in [-0.3, -0.25) is 4.79 Å². The Morgan fingerprint density at radius 3 is 2.61 bits per heavy atom. The summed E-state index contributed by atoms with van der Waals surface area (Å²) in [5, 5.41) is 3.45. The lowest BCUT2D eigenvalue weighted by Crippen LogP contribution is -2.21. The average Bonchev–Trinajstić information content (AvgIpc) is 3.09. The summed E-state index contributed by atoms with van der Waals surface area (Å²) in [6.45, 7) is -0.0814. The number of aryl methyl sites for hydroxylation is 3. The summed E-state index contributed by atoms with van der Waals surface area (Å²) >= 11 is 1.49. The van der Waals surface area contributed by atoms with Crippen molar-refractivity contribution in [3.8, 4) is 5.75 Å². The van der Waals surface area contributed by atoms with E-state index in [4.69, 9.17) is 9.47 Å². The molecule has 2 aromatic rings. The van der Waals surface area contributed by atoms with Crippen molar-refractivity contribution in [1.82, 2.24) is 0 Å². The van der Waals surface area contributed by atoms with Gasteiger partial charge in [0.25, 0.3) is 5.91 Å². The first-order valence-electron chi connectivity index (χ1n) is 9.93. The highest BCUT2D eigenvalue weighted by Gasteiger charge is 2.27. The zero-order chi connectivity index (χ0) is 19.5. The Hall–Kier alpha value is -2.34. The van der Waals surface area contributed by atoms with Crippen molar-refractivity contribution in [1.29, 1.82) is 0 Å². The molecule has 2 aliphatic carbocycles. The molecule has 1 aromatic carbocycles. The van der Waals surface area contributed by atoms with Gasteiger partial charge >= 0.3 is 5.97 Å². The zero-order valence-corrected chi connectivity index (χ0v) is 17.0. The first kappa shape index (κ1) is 19.0. The van der Waals surface area contributed by atoms with Crippen LogP contribution in [0.15, 0.2) is 18.2 Å². The molecule has 148 valence electrons. The smallest absolute Gasteiger partial charge is 0.341 e. The van der Waals surface area contributed by atoms with E-state index in [1.54, 1.807) is 0 Å². The summed E-state index contributed by atoms with van der Waals surface area (Å²) in [7, 11) is 1.38. The summed E-state index contributed by atoms with van der Waals surface area (Å²) in [5.74, 6) is 0.0706. The number of anilines is 1. The lowest BCUT2D eigenvalue weighted by Gasteiger charge is -2.16. The maximum Gasteiger partial charge on any atom is 0.341 e. The maximum atomic E-state index is 12.5. The minimum absolute atomic E-state index is 0.0814. The molecule has 0 fully saturated rings. The van der Waals surface area contributed by atoms with E-state index in [1.807, 2.05) is 12.1 Å².